The van der Waals surface area contributed by atoms with Crippen molar-refractivity contribution < 1.29 is 0 Å². The van der Waals surface area contributed by atoms with E-state index in [0.29, 0.717) is 41.1 Å². The minimum Gasteiger partial charge on any atom is -0.355 e. The van der Waals surface area contributed by atoms with Gasteiger partial charge in [0.25, 0.3) is 5.56 Å². The summed E-state index contributed by atoms with van der Waals surface area (Å²) in [6.45, 7) is 1.76. The van der Waals surface area contributed by atoms with Gasteiger partial charge in [0.05, 0.1) is 36.7 Å². The molecule has 1 unspecified atom stereocenters. The number of hydrogen-bond donors (Lipinski definition) is 1. The summed E-state index contributed by atoms with van der Waals surface area (Å²) in [6, 6.07) is 21.7. The third-order valence-corrected chi connectivity index (χ3v) is 7.41. The van der Waals surface area contributed by atoms with Crippen LogP contribution in [0.5, 0.6) is 0 Å². The molecule has 2 N–H and O–H groups in total. The molecule has 0 amide bonds. The molecular formula is C30H27ClN8O. The summed E-state index contributed by atoms with van der Waals surface area (Å²) < 4.78 is 3.39. The lowest BCUT2D eigenvalue weighted by Crippen LogP contribution is -2.44. The van der Waals surface area contributed by atoms with E-state index in [9.17, 15) is 15.3 Å². The van der Waals surface area contributed by atoms with Crippen LogP contribution >= 0.6 is 12.4 Å². The third-order valence-electron chi connectivity index (χ3n) is 7.41. The maximum atomic E-state index is 14.1. The quantitative estimate of drug-likeness (QED) is 0.351. The van der Waals surface area contributed by atoms with Crippen LogP contribution in [0, 0.1) is 22.7 Å². The van der Waals surface area contributed by atoms with Crippen LogP contribution in [0.3, 0.4) is 0 Å². The van der Waals surface area contributed by atoms with Crippen molar-refractivity contribution in [2.24, 2.45) is 5.73 Å². The number of nitrogens with two attached hydrogens (primary N) is 1. The van der Waals surface area contributed by atoms with Crippen molar-refractivity contribution in [1.29, 1.82) is 10.5 Å². The van der Waals surface area contributed by atoms with E-state index in [1.54, 1.807) is 12.3 Å². The highest BCUT2D eigenvalue weighted by Gasteiger charge is 2.29. The SMILES string of the molecule is Cl.N#Cc1ccccc1Cn1c(N2CCCC(N)C2)c(C#N)c2ncn(Cc3nccc4ccccc34)c(=O)c21. The Hall–Kier alpha value is -4.70. The summed E-state index contributed by atoms with van der Waals surface area (Å²) in [4.78, 5) is 25.4. The number of aromatic nitrogens is 4. The lowest BCUT2D eigenvalue weighted by atomic mass is 10.1. The Kier molecular flexibility index (Phi) is 7.52. The molecule has 2 aromatic carbocycles. The average molecular weight is 551 g/mol. The molecule has 0 aliphatic carbocycles. The molecule has 1 atom stereocenters. The summed E-state index contributed by atoms with van der Waals surface area (Å²) >= 11 is 0. The fourth-order valence-electron chi connectivity index (χ4n) is 5.56. The number of fused-ring (bicyclic) bond motifs is 2. The molecule has 0 radical (unpaired) electrons. The number of anilines is 1. The number of rotatable bonds is 5. The van der Waals surface area contributed by atoms with Gasteiger partial charge in [-0.25, -0.2) is 4.98 Å². The van der Waals surface area contributed by atoms with Gasteiger partial charge in [0.2, 0.25) is 0 Å². The van der Waals surface area contributed by atoms with Crippen LogP contribution in [0.15, 0.2) is 71.9 Å². The van der Waals surface area contributed by atoms with E-state index in [4.69, 9.17) is 5.73 Å². The summed E-state index contributed by atoms with van der Waals surface area (Å²) in [5.41, 5.74) is 9.11. The minimum atomic E-state index is -0.270. The first-order valence-electron chi connectivity index (χ1n) is 12.9. The molecule has 1 fully saturated rings. The van der Waals surface area contributed by atoms with Crippen LogP contribution in [0.1, 0.15) is 35.2 Å². The first-order chi connectivity index (χ1) is 19.1. The molecule has 10 heteroatoms. The highest BCUT2D eigenvalue weighted by atomic mass is 35.5. The van der Waals surface area contributed by atoms with E-state index in [1.807, 2.05) is 53.1 Å². The van der Waals surface area contributed by atoms with Crippen LogP contribution in [0.2, 0.25) is 0 Å². The van der Waals surface area contributed by atoms with Crippen LogP contribution in [0.4, 0.5) is 5.82 Å². The Morgan fingerprint density at radius 2 is 1.80 bits per heavy atom. The second-order valence-electron chi connectivity index (χ2n) is 9.87. The predicted molar refractivity (Wildman–Crippen MR) is 156 cm³/mol. The van der Waals surface area contributed by atoms with Gasteiger partial charge in [-0.05, 0) is 35.9 Å². The summed E-state index contributed by atoms with van der Waals surface area (Å²) in [6.07, 6.45) is 5.02. The Morgan fingerprint density at radius 3 is 2.60 bits per heavy atom. The van der Waals surface area contributed by atoms with E-state index in [-0.39, 0.29) is 37.1 Å². The molecule has 3 aromatic heterocycles. The normalized spacial score (nSPS) is 15.0. The Balaban J connectivity index is 0.00000323. The van der Waals surface area contributed by atoms with E-state index >= 15 is 0 Å². The van der Waals surface area contributed by atoms with Crippen LogP contribution in [-0.2, 0) is 13.1 Å². The fourth-order valence-corrected chi connectivity index (χ4v) is 5.56. The van der Waals surface area contributed by atoms with Crippen molar-refractivity contribution >= 4 is 40.0 Å². The van der Waals surface area contributed by atoms with Gasteiger partial charge in [-0.2, -0.15) is 10.5 Å². The molecule has 200 valence electrons. The lowest BCUT2D eigenvalue weighted by molar-refractivity contribution is 0.498. The van der Waals surface area contributed by atoms with Gasteiger partial charge < -0.3 is 15.2 Å². The van der Waals surface area contributed by atoms with Crippen molar-refractivity contribution in [3.05, 3.63) is 99.9 Å². The van der Waals surface area contributed by atoms with Gasteiger partial charge in [0.15, 0.2) is 0 Å². The zero-order valence-corrected chi connectivity index (χ0v) is 22.5. The fraction of sp³-hybridized carbons (Fsp3) is 0.233. The van der Waals surface area contributed by atoms with Crippen molar-refractivity contribution in [3.8, 4) is 12.1 Å². The van der Waals surface area contributed by atoms with Gasteiger partial charge in [0.1, 0.15) is 28.5 Å². The lowest BCUT2D eigenvalue weighted by Gasteiger charge is -2.33. The zero-order valence-electron chi connectivity index (χ0n) is 21.7. The number of hydrogen-bond acceptors (Lipinski definition) is 7. The summed E-state index contributed by atoms with van der Waals surface area (Å²) in [5.74, 6) is 0.626. The maximum absolute atomic E-state index is 14.1. The van der Waals surface area contributed by atoms with Gasteiger partial charge >= 0.3 is 0 Å². The van der Waals surface area contributed by atoms with Crippen molar-refractivity contribution in [2.75, 3.05) is 18.0 Å². The number of nitrogens with zero attached hydrogens (tertiary/aromatic N) is 7. The smallest absolute Gasteiger partial charge is 0.278 e. The molecule has 0 saturated carbocycles. The highest BCUT2D eigenvalue weighted by molar-refractivity contribution is 5.89. The summed E-state index contributed by atoms with van der Waals surface area (Å²) in [7, 11) is 0. The molecule has 5 aromatic rings. The highest BCUT2D eigenvalue weighted by Crippen LogP contribution is 2.33. The van der Waals surface area contributed by atoms with Gasteiger partial charge in [-0.3, -0.25) is 14.3 Å². The van der Waals surface area contributed by atoms with Gasteiger partial charge in [-0.15, -0.1) is 12.4 Å². The zero-order chi connectivity index (χ0) is 26.9. The van der Waals surface area contributed by atoms with E-state index in [0.717, 1.165) is 34.9 Å². The Bertz CT molecular complexity index is 1860. The first kappa shape index (κ1) is 26.9. The number of pyridine rings is 1. The number of halogens is 1. The minimum absolute atomic E-state index is 0. The third kappa shape index (κ3) is 4.66. The van der Waals surface area contributed by atoms with Crippen molar-refractivity contribution in [3.63, 3.8) is 0 Å². The largest absolute Gasteiger partial charge is 0.355 e. The molecule has 0 spiro atoms. The van der Waals surface area contributed by atoms with Gasteiger partial charge in [0, 0.05) is 30.7 Å². The molecule has 9 nitrogen and oxygen atoms in total. The molecule has 6 rings (SSSR count). The number of benzene rings is 2. The molecule has 1 aliphatic rings. The number of nitriles is 2. The van der Waals surface area contributed by atoms with E-state index < -0.39 is 0 Å². The van der Waals surface area contributed by atoms with Crippen LogP contribution in [-0.4, -0.2) is 38.2 Å². The predicted octanol–water partition coefficient (Wildman–Crippen LogP) is 3.94. The van der Waals surface area contributed by atoms with Crippen LogP contribution < -0.4 is 16.2 Å². The molecule has 1 saturated heterocycles. The first-order valence-corrected chi connectivity index (χ1v) is 12.9. The average Bonchev–Trinajstić information content (AvgIpc) is 3.28. The molecule has 40 heavy (non-hydrogen) atoms. The molecular weight excluding hydrogens is 524 g/mol. The standard InChI is InChI=1S/C30H26N8O.ClH/c31-14-21-7-1-2-8-22(21)16-38-28-27(25(15-32)29(38)36-13-5-9-23(33)17-36)35-19-37(30(28)39)18-26-24-10-4-3-6-20(24)11-12-34-26;/h1-4,6-8,10-12,19,23H,5,9,13,16-18,33H2;1H. The van der Waals surface area contributed by atoms with E-state index in [2.05, 4.69) is 27.0 Å². The Morgan fingerprint density at radius 1 is 1.00 bits per heavy atom. The molecule has 1 aliphatic heterocycles. The maximum Gasteiger partial charge on any atom is 0.278 e. The number of piperidine rings is 1. The van der Waals surface area contributed by atoms with E-state index in [1.165, 1.54) is 10.9 Å². The van der Waals surface area contributed by atoms with Crippen molar-refractivity contribution in [2.45, 2.75) is 32.0 Å². The topological polar surface area (TPSA) is 130 Å². The second-order valence-corrected chi connectivity index (χ2v) is 9.87. The monoisotopic (exact) mass is 550 g/mol. The van der Waals surface area contributed by atoms with Gasteiger partial charge in [-0.1, -0.05) is 42.5 Å². The van der Waals surface area contributed by atoms with Crippen LogP contribution in [0.25, 0.3) is 21.8 Å². The molecule has 0 bridgehead atoms. The second kappa shape index (κ2) is 11.2. The van der Waals surface area contributed by atoms with Crippen molar-refractivity contribution in [1.82, 2.24) is 19.1 Å². The summed E-state index contributed by atoms with van der Waals surface area (Å²) in [5, 5.41) is 22.0. The Labute approximate surface area is 237 Å². The molecule has 4 heterocycles.